The lowest BCUT2D eigenvalue weighted by Crippen LogP contribution is -2.01. The Balaban J connectivity index is 1.98. The maximum Gasteiger partial charge on any atom is 0.142 e. The number of fused-ring (bicyclic) bond motifs is 1. The maximum absolute atomic E-state index is 5.78. The number of hydrogen-bond donors (Lipinski definition) is 1. The zero-order valence-corrected chi connectivity index (χ0v) is 13.8. The van der Waals surface area contributed by atoms with E-state index >= 15 is 0 Å². The second-order valence-electron chi connectivity index (χ2n) is 4.85. The average Bonchev–Trinajstić information content (AvgIpc) is 2.54. The fourth-order valence-corrected chi connectivity index (χ4v) is 2.52. The minimum absolute atomic E-state index is 0.689. The van der Waals surface area contributed by atoms with Gasteiger partial charge in [0.2, 0.25) is 0 Å². The van der Waals surface area contributed by atoms with Gasteiger partial charge in [-0.2, -0.15) is 0 Å². The summed E-state index contributed by atoms with van der Waals surface area (Å²) in [5, 5.41) is 4.32. The summed E-state index contributed by atoms with van der Waals surface area (Å²) in [4.78, 5) is 8.66. The molecule has 1 heterocycles. The van der Waals surface area contributed by atoms with Crippen molar-refractivity contribution in [2.75, 3.05) is 11.9 Å². The second-order valence-corrected chi connectivity index (χ2v) is 5.77. The Kier molecular flexibility index (Phi) is 4.53. The third-order valence-electron chi connectivity index (χ3n) is 3.20. The Morgan fingerprint density at radius 2 is 2.00 bits per heavy atom. The third kappa shape index (κ3) is 3.20. The first kappa shape index (κ1) is 14.8. The van der Waals surface area contributed by atoms with Gasteiger partial charge in [0.05, 0.1) is 17.8 Å². The van der Waals surface area contributed by atoms with Crippen LogP contribution in [0.2, 0.25) is 0 Å². The van der Waals surface area contributed by atoms with Crippen LogP contribution < -0.4 is 10.1 Å². The van der Waals surface area contributed by atoms with Crippen LogP contribution in [-0.2, 0) is 0 Å². The Labute approximate surface area is 137 Å². The summed E-state index contributed by atoms with van der Waals surface area (Å²) in [6, 6.07) is 13.8. The first-order valence-corrected chi connectivity index (χ1v) is 7.96. The van der Waals surface area contributed by atoms with Crippen molar-refractivity contribution in [3.05, 3.63) is 53.3 Å². The lowest BCUT2D eigenvalue weighted by atomic mass is 10.2. The molecule has 0 aliphatic heterocycles. The molecule has 0 saturated carbocycles. The molecule has 0 fully saturated rings. The van der Waals surface area contributed by atoms with Gasteiger partial charge in [0.25, 0.3) is 0 Å². The van der Waals surface area contributed by atoms with Gasteiger partial charge in [0.15, 0.2) is 0 Å². The van der Waals surface area contributed by atoms with Crippen molar-refractivity contribution in [3.63, 3.8) is 0 Å². The van der Waals surface area contributed by atoms with Gasteiger partial charge >= 0.3 is 0 Å². The highest BCUT2D eigenvalue weighted by Crippen LogP contribution is 2.30. The van der Waals surface area contributed by atoms with Gasteiger partial charge in [0, 0.05) is 9.86 Å². The zero-order valence-electron chi connectivity index (χ0n) is 12.2. The molecule has 0 aliphatic rings. The van der Waals surface area contributed by atoms with Crippen LogP contribution in [0, 0.1) is 0 Å². The van der Waals surface area contributed by atoms with Crippen LogP contribution in [0.5, 0.6) is 5.75 Å². The largest absolute Gasteiger partial charge is 0.491 e. The Morgan fingerprint density at radius 3 is 2.86 bits per heavy atom. The van der Waals surface area contributed by atoms with E-state index in [0.717, 1.165) is 39.1 Å². The van der Waals surface area contributed by atoms with Crippen LogP contribution >= 0.6 is 15.9 Å². The first-order valence-electron chi connectivity index (χ1n) is 7.17. The lowest BCUT2D eigenvalue weighted by molar-refractivity contribution is 0.319. The Hall–Kier alpha value is -2.14. The molecule has 0 bridgehead atoms. The molecule has 0 aliphatic carbocycles. The summed E-state index contributed by atoms with van der Waals surface area (Å²) in [6.45, 7) is 2.78. The number of benzene rings is 2. The monoisotopic (exact) mass is 357 g/mol. The third-order valence-corrected chi connectivity index (χ3v) is 3.69. The van der Waals surface area contributed by atoms with Crippen LogP contribution in [0.25, 0.3) is 10.9 Å². The molecule has 3 rings (SSSR count). The zero-order chi connectivity index (χ0) is 15.4. The molecule has 0 atom stereocenters. The predicted molar refractivity (Wildman–Crippen MR) is 92.7 cm³/mol. The second kappa shape index (κ2) is 6.75. The molecular formula is C17H16BrN3O. The van der Waals surface area contributed by atoms with Gasteiger partial charge in [0.1, 0.15) is 17.9 Å². The van der Waals surface area contributed by atoms with E-state index in [0.29, 0.717) is 6.61 Å². The van der Waals surface area contributed by atoms with Crippen LogP contribution in [0.1, 0.15) is 13.3 Å². The number of nitrogens with zero attached hydrogens (tertiary/aromatic N) is 2. The van der Waals surface area contributed by atoms with Crippen molar-refractivity contribution in [2.45, 2.75) is 13.3 Å². The van der Waals surface area contributed by atoms with Gasteiger partial charge in [-0.05, 0) is 36.8 Å². The molecule has 1 N–H and O–H groups in total. The summed E-state index contributed by atoms with van der Waals surface area (Å²) in [7, 11) is 0. The number of hydrogen-bond acceptors (Lipinski definition) is 4. The molecule has 0 amide bonds. The molecule has 0 unspecified atom stereocenters. The highest BCUT2D eigenvalue weighted by molar-refractivity contribution is 9.10. The topological polar surface area (TPSA) is 47.0 Å². The van der Waals surface area contributed by atoms with E-state index in [1.54, 1.807) is 6.33 Å². The molecule has 0 saturated heterocycles. The smallest absolute Gasteiger partial charge is 0.142 e. The van der Waals surface area contributed by atoms with Crippen molar-refractivity contribution in [1.29, 1.82) is 0 Å². The van der Waals surface area contributed by atoms with Crippen LogP contribution in [-0.4, -0.2) is 16.6 Å². The minimum atomic E-state index is 0.689. The van der Waals surface area contributed by atoms with Crippen molar-refractivity contribution < 1.29 is 4.74 Å². The number of nitrogens with one attached hydrogen (secondary N) is 1. The van der Waals surface area contributed by atoms with E-state index in [1.165, 1.54) is 0 Å². The minimum Gasteiger partial charge on any atom is -0.491 e. The Bertz CT molecular complexity index is 792. The van der Waals surface area contributed by atoms with Crippen molar-refractivity contribution >= 4 is 38.3 Å². The van der Waals surface area contributed by atoms with Crippen molar-refractivity contribution in [1.82, 2.24) is 9.97 Å². The number of aromatic nitrogens is 2. The Morgan fingerprint density at radius 1 is 1.14 bits per heavy atom. The predicted octanol–water partition coefficient (Wildman–Crippen LogP) is 4.92. The van der Waals surface area contributed by atoms with E-state index in [1.807, 2.05) is 42.5 Å². The summed E-state index contributed by atoms with van der Waals surface area (Å²) >= 11 is 3.49. The average molecular weight is 358 g/mol. The van der Waals surface area contributed by atoms with Gasteiger partial charge in [-0.3, -0.25) is 0 Å². The molecule has 0 spiro atoms. The number of rotatable bonds is 5. The van der Waals surface area contributed by atoms with E-state index in [4.69, 9.17) is 4.74 Å². The van der Waals surface area contributed by atoms with E-state index in [9.17, 15) is 0 Å². The van der Waals surface area contributed by atoms with Gasteiger partial charge < -0.3 is 10.1 Å². The highest BCUT2D eigenvalue weighted by atomic mass is 79.9. The number of halogens is 1. The lowest BCUT2D eigenvalue weighted by Gasteiger charge is -2.13. The SMILES string of the molecule is CCCOc1ccccc1Nc1ncnc2ccc(Br)cc12. The molecule has 4 nitrogen and oxygen atoms in total. The molecule has 3 aromatic rings. The van der Waals surface area contributed by atoms with Gasteiger partial charge in [-0.25, -0.2) is 9.97 Å². The van der Waals surface area contributed by atoms with E-state index < -0.39 is 0 Å². The summed E-state index contributed by atoms with van der Waals surface area (Å²) in [5.41, 5.74) is 1.79. The molecule has 22 heavy (non-hydrogen) atoms. The van der Waals surface area contributed by atoms with Gasteiger partial charge in [-0.15, -0.1) is 0 Å². The number of anilines is 2. The maximum atomic E-state index is 5.78. The number of ether oxygens (including phenoxy) is 1. The van der Waals surface area contributed by atoms with E-state index in [-0.39, 0.29) is 0 Å². The molecule has 2 aromatic carbocycles. The molecule has 1 aromatic heterocycles. The summed E-state index contributed by atoms with van der Waals surface area (Å²) in [6.07, 6.45) is 2.53. The standard InChI is InChI=1S/C17H16BrN3O/c1-2-9-22-16-6-4-3-5-15(16)21-17-13-10-12(18)7-8-14(13)19-11-20-17/h3-8,10-11H,2,9H2,1H3,(H,19,20,21). The molecule has 5 heteroatoms. The van der Waals surface area contributed by atoms with E-state index in [2.05, 4.69) is 38.1 Å². The normalized spacial score (nSPS) is 10.6. The molecule has 112 valence electrons. The first-order chi connectivity index (χ1) is 10.8. The molecular weight excluding hydrogens is 342 g/mol. The number of para-hydroxylation sites is 2. The highest BCUT2D eigenvalue weighted by Gasteiger charge is 2.08. The van der Waals surface area contributed by atoms with Crippen LogP contribution in [0.4, 0.5) is 11.5 Å². The summed E-state index contributed by atoms with van der Waals surface area (Å²) in [5.74, 6) is 1.59. The van der Waals surface area contributed by atoms with Crippen LogP contribution in [0.3, 0.4) is 0 Å². The fourth-order valence-electron chi connectivity index (χ4n) is 2.16. The van der Waals surface area contributed by atoms with Crippen molar-refractivity contribution in [2.24, 2.45) is 0 Å². The quantitative estimate of drug-likeness (QED) is 0.703. The van der Waals surface area contributed by atoms with Gasteiger partial charge in [-0.1, -0.05) is 35.0 Å². The molecule has 0 radical (unpaired) electrons. The fraction of sp³-hybridized carbons (Fsp3) is 0.176. The summed E-state index contributed by atoms with van der Waals surface area (Å²) < 4.78 is 6.77. The van der Waals surface area contributed by atoms with Crippen molar-refractivity contribution in [3.8, 4) is 5.75 Å². The van der Waals surface area contributed by atoms with Crippen LogP contribution in [0.15, 0.2) is 53.3 Å².